The number of hydrogen-bond donors (Lipinski definition) is 0. The number of carbonyl (C=O) groups excluding carboxylic acids is 2. The second-order valence-electron chi connectivity index (χ2n) is 12.8. The first-order valence-electron chi connectivity index (χ1n) is 18.7. The van der Waals surface area contributed by atoms with Gasteiger partial charge in [-0.2, -0.15) is 0 Å². The molecule has 0 radical (unpaired) electrons. The highest BCUT2D eigenvalue weighted by molar-refractivity contribution is 5.96. The van der Waals surface area contributed by atoms with Crippen LogP contribution in [0.1, 0.15) is 25.3 Å². The molecule has 5 rings (SSSR count). The fourth-order valence-electron chi connectivity index (χ4n) is 6.28. The van der Waals surface area contributed by atoms with Crippen molar-refractivity contribution in [1.29, 1.82) is 0 Å². The maximum Gasteiger partial charge on any atom is 0.326 e. The summed E-state index contributed by atoms with van der Waals surface area (Å²) in [5, 5.41) is 2.14. The lowest BCUT2D eigenvalue weighted by molar-refractivity contribution is -0.143. The standard InChI is InChI=1S/C41H52N4O9/c1-2-54-40(47)31-44-30-36(14-15-39(44)46)45(41(48)35-12-8-16-43(29-35)38-28-42-27-34-11-6-7-13-37(34)38)17-18-49-19-20-50-21-22-51-23-24-52-25-26-53-32-33-9-4-3-5-10-33/h3-7,9-11,13-15,27-28,30,35H,2,8,12,16-26,29,31-32H2,1H3/t35-/m0/s1. The second-order valence-corrected chi connectivity index (χ2v) is 12.8. The molecule has 0 saturated carbocycles. The van der Waals surface area contributed by atoms with E-state index in [0.29, 0.717) is 71.7 Å². The molecule has 13 nitrogen and oxygen atoms in total. The molecule has 1 fully saturated rings. The third-order valence-electron chi connectivity index (χ3n) is 8.97. The number of amides is 1. The summed E-state index contributed by atoms with van der Waals surface area (Å²) in [6.07, 6.45) is 6.81. The quantitative estimate of drug-likeness (QED) is 0.0787. The van der Waals surface area contributed by atoms with E-state index in [2.05, 4.69) is 16.0 Å². The molecule has 13 heteroatoms. The summed E-state index contributed by atoms with van der Waals surface area (Å²) < 4.78 is 34.6. The van der Waals surface area contributed by atoms with Crippen LogP contribution in [0.5, 0.6) is 0 Å². The molecule has 0 spiro atoms. The molecule has 0 aliphatic carbocycles. The van der Waals surface area contributed by atoms with Crippen LogP contribution in [0.2, 0.25) is 0 Å². The number of anilines is 2. The first kappa shape index (κ1) is 40.5. The van der Waals surface area contributed by atoms with Crippen LogP contribution in [0.3, 0.4) is 0 Å². The smallest absolute Gasteiger partial charge is 0.326 e. The zero-order valence-corrected chi connectivity index (χ0v) is 31.1. The van der Waals surface area contributed by atoms with Crippen molar-refractivity contribution in [3.63, 3.8) is 0 Å². The van der Waals surface area contributed by atoms with Crippen molar-refractivity contribution < 1.29 is 38.0 Å². The van der Waals surface area contributed by atoms with Crippen LogP contribution >= 0.6 is 0 Å². The Balaban J connectivity index is 1.06. The predicted molar refractivity (Wildman–Crippen MR) is 206 cm³/mol. The number of piperidine rings is 1. The largest absolute Gasteiger partial charge is 0.465 e. The molecule has 1 amide bonds. The molecular weight excluding hydrogens is 692 g/mol. The van der Waals surface area contributed by atoms with Crippen molar-refractivity contribution in [3.8, 4) is 0 Å². The van der Waals surface area contributed by atoms with Crippen molar-refractivity contribution in [1.82, 2.24) is 9.55 Å². The van der Waals surface area contributed by atoms with E-state index < -0.39 is 5.97 Å². The number of hydrogen-bond acceptors (Lipinski definition) is 11. The lowest BCUT2D eigenvalue weighted by atomic mass is 9.95. The van der Waals surface area contributed by atoms with Gasteiger partial charge >= 0.3 is 5.97 Å². The monoisotopic (exact) mass is 744 g/mol. The van der Waals surface area contributed by atoms with E-state index >= 15 is 0 Å². The topological polar surface area (TPSA) is 131 Å². The number of rotatable bonds is 23. The highest BCUT2D eigenvalue weighted by Gasteiger charge is 2.31. The highest BCUT2D eigenvalue weighted by atomic mass is 16.6. The van der Waals surface area contributed by atoms with Crippen LogP contribution in [-0.2, 0) is 51.2 Å². The molecule has 3 heterocycles. The Bertz CT molecular complexity index is 1780. The molecule has 0 N–H and O–H groups in total. The first-order chi connectivity index (χ1) is 26.5. The van der Waals surface area contributed by atoms with Crippen molar-refractivity contribution in [3.05, 3.63) is 101 Å². The number of ether oxygens (including phenoxy) is 6. The van der Waals surface area contributed by atoms with E-state index in [0.717, 1.165) is 41.4 Å². The average Bonchev–Trinajstić information content (AvgIpc) is 3.20. The minimum Gasteiger partial charge on any atom is -0.465 e. The molecule has 2 aromatic heterocycles. The molecule has 1 aliphatic heterocycles. The van der Waals surface area contributed by atoms with Crippen molar-refractivity contribution in [2.45, 2.75) is 32.9 Å². The van der Waals surface area contributed by atoms with Gasteiger partial charge in [0.2, 0.25) is 5.91 Å². The number of esters is 1. The maximum atomic E-state index is 14.3. The Morgan fingerprint density at radius 3 is 2.19 bits per heavy atom. The molecule has 290 valence electrons. The van der Waals surface area contributed by atoms with E-state index in [1.165, 1.54) is 10.6 Å². The minimum atomic E-state index is -0.524. The Morgan fingerprint density at radius 2 is 1.46 bits per heavy atom. The van der Waals surface area contributed by atoms with Crippen molar-refractivity contribution in [2.75, 3.05) is 95.5 Å². The average molecular weight is 745 g/mol. The van der Waals surface area contributed by atoms with Gasteiger partial charge in [-0.25, -0.2) is 0 Å². The molecule has 54 heavy (non-hydrogen) atoms. The number of carbonyl (C=O) groups is 2. The van der Waals surface area contributed by atoms with Crippen LogP contribution in [0, 0.1) is 5.92 Å². The fraction of sp³-hybridized carbons (Fsp3) is 0.463. The molecule has 0 unspecified atom stereocenters. The van der Waals surface area contributed by atoms with Crippen LogP contribution in [0.4, 0.5) is 11.4 Å². The highest BCUT2D eigenvalue weighted by Crippen LogP contribution is 2.30. The van der Waals surface area contributed by atoms with Crippen LogP contribution in [-0.4, -0.2) is 107 Å². The SMILES string of the molecule is CCOC(=O)Cn1cc(N(CCOCCOCCOCCOCCOCc2ccccc2)C(=O)[C@H]2CCCN(c3cncc4ccccc34)C2)ccc1=O. The number of aromatic nitrogens is 2. The Labute approximate surface area is 316 Å². The van der Waals surface area contributed by atoms with Crippen molar-refractivity contribution >= 4 is 34.0 Å². The second kappa shape index (κ2) is 22.5. The van der Waals surface area contributed by atoms with Crippen LogP contribution in [0.15, 0.2) is 90.1 Å². The van der Waals surface area contributed by atoms with Gasteiger partial charge in [0, 0.05) is 48.9 Å². The first-order valence-corrected chi connectivity index (χ1v) is 18.7. The molecule has 1 saturated heterocycles. The number of nitrogens with zero attached hydrogens (tertiary/aromatic N) is 4. The van der Waals surface area contributed by atoms with Gasteiger partial charge in [-0.3, -0.25) is 19.4 Å². The Morgan fingerprint density at radius 1 is 0.796 bits per heavy atom. The Kier molecular flexibility index (Phi) is 16.9. The summed E-state index contributed by atoms with van der Waals surface area (Å²) in [5.74, 6) is -0.900. The summed E-state index contributed by atoms with van der Waals surface area (Å²) >= 11 is 0. The van der Waals surface area contributed by atoms with Crippen LogP contribution < -0.4 is 15.4 Å². The van der Waals surface area contributed by atoms with Gasteiger partial charge < -0.3 is 42.8 Å². The minimum absolute atomic E-state index is 0.0741. The van der Waals surface area contributed by atoms with E-state index in [1.54, 1.807) is 24.1 Å². The molecule has 0 bridgehead atoms. The number of pyridine rings is 2. The fourth-order valence-corrected chi connectivity index (χ4v) is 6.28. The van der Waals surface area contributed by atoms with Gasteiger partial charge in [0.25, 0.3) is 5.56 Å². The summed E-state index contributed by atoms with van der Waals surface area (Å²) in [7, 11) is 0. The van der Waals surface area contributed by atoms with E-state index in [4.69, 9.17) is 28.4 Å². The lowest BCUT2D eigenvalue weighted by Crippen LogP contribution is -2.46. The van der Waals surface area contributed by atoms with Gasteiger partial charge in [0.15, 0.2) is 0 Å². The zero-order chi connectivity index (χ0) is 37.8. The third-order valence-corrected chi connectivity index (χ3v) is 8.97. The summed E-state index contributed by atoms with van der Waals surface area (Å²) in [6, 6.07) is 21.1. The molecule has 4 aromatic rings. The Hall–Kier alpha value is -4.66. The van der Waals surface area contributed by atoms with Gasteiger partial charge in [-0.05, 0) is 31.4 Å². The van der Waals surface area contributed by atoms with Gasteiger partial charge in [-0.1, -0.05) is 54.6 Å². The normalized spacial score (nSPS) is 14.3. The molecule has 1 aliphatic rings. The van der Waals surface area contributed by atoms with Gasteiger partial charge in [0.1, 0.15) is 6.54 Å². The third kappa shape index (κ3) is 12.7. The van der Waals surface area contributed by atoms with E-state index in [1.807, 2.05) is 60.9 Å². The number of benzene rings is 2. The summed E-state index contributed by atoms with van der Waals surface area (Å²) in [4.78, 5) is 47.5. The van der Waals surface area contributed by atoms with Gasteiger partial charge in [-0.15, -0.1) is 0 Å². The van der Waals surface area contributed by atoms with Crippen LogP contribution in [0.25, 0.3) is 10.8 Å². The van der Waals surface area contributed by atoms with E-state index in [-0.39, 0.29) is 43.7 Å². The summed E-state index contributed by atoms with van der Waals surface area (Å²) in [6.45, 7) is 7.61. The molecule has 2 aromatic carbocycles. The van der Waals surface area contributed by atoms with E-state index in [9.17, 15) is 14.4 Å². The van der Waals surface area contributed by atoms with Crippen molar-refractivity contribution in [2.24, 2.45) is 5.92 Å². The lowest BCUT2D eigenvalue weighted by Gasteiger charge is -2.36. The summed E-state index contributed by atoms with van der Waals surface area (Å²) in [5.41, 5.74) is 2.28. The van der Waals surface area contributed by atoms with Gasteiger partial charge in [0.05, 0.1) is 96.2 Å². The molecule has 1 atom stereocenters. The zero-order valence-electron chi connectivity index (χ0n) is 31.1. The predicted octanol–water partition coefficient (Wildman–Crippen LogP) is 4.49. The number of fused-ring (bicyclic) bond motifs is 1. The molecular formula is C41H52N4O9. The maximum absolute atomic E-state index is 14.3.